The maximum Gasteiger partial charge on any atom is 0.103 e. The van der Waals surface area contributed by atoms with Gasteiger partial charge in [-0.2, -0.15) is 0 Å². The van der Waals surface area contributed by atoms with Crippen LogP contribution in [0.3, 0.4) is 0 Å². The Hall–Kier alpha value is -0.0800. The molecule has 0 aliphatic carbocycles. The summed E-state index contributed by atoms with van der Waals surface area (Å²) in [5.41, 5.74) is -0.272. The average molecular weight is 202 g/mol. The van der Waals surface area contributed by atoms with Gasteiger partial charge in [0.05, 0.1) is 0 Å². The lowest BCUT2D eigenvalue weighted by Crippen LogP contribution is -2.29. The van der Waals surface area contributed by atoms with Crippen LogP contribution in [0, 0.1) is 0 Å². The first-order valence-corrected chi connectivity index (χ1v) is 6.07. The van der Waals surface area contributed by atoms with Crippen LogP contribution in [0.15, 0.2) is 0 Å². The van der Waals surface area contributed by atoms with Gasteiger partial charge in [-0.25, -0.2) is 4.89 Å². The van der Waals surface area contributed by atoms with E-state index in [0.717, 1.165) is 19.3 Å². The Labute approximate surface area is 88.6 Å². The van der Waals surface area contributed by atoms with Gasteiger partial charge in [-0.3, -0.25) is 5.26 Å². The molecule has 0 aliphatic heterocycles. The fourth-order valence-corrected chi connectivity index (χ4v) is 1.83. The van der Waals surface area contributed by atoms with E-state index in [9.17, 15) is 0 Å². The molecule has 0 aliphatic rings. The molecule has 0 saturated heterocycles. The molecule has 0 amide bonds. The lowest BCUT2D eigenvalue weighted by atomic mass is 9.90. The second-order valence-corrected chi connectivity index (χ2v) is 4.15. The molecule has 0 radical (unpaired) electrons. The van der Waals surface area contributed by atoms with Crippen molar-refractivity contribution in [3.05, 3.63) is 0 Å². The molecule has 2 heteroatoms. The number of hydrogen-bond acceptors (Lipinski definition) is 2. The predicted molar refractivity (Wildman–Crippen MR) is 60.4 cm³/mol. The van der Waals surface area contributed by atoms with Gasteiger partial charge in [0.15, 0.2) is 0 Å². The van der Waals surface area contributed by atoms with Crippen molar-refractivity contribution in [2.24, 2.45) is 0 Å². The van der Waals surface area contributed by atoms with Crippen molar-refractivity contribution in [3.63, 3.8) is 0 Å². The Morgan fingerprint density at radius 1 is 0.929 bits per heavy atom. The van der Waals surface area contributed by atoms with Gasteiger partial charge in [0.1, 0.15) is 5.60 Å². The number of hydrogen-bond donors (Lipinski definition) is 1. The van der Waals surface area contributed by atoms with Crippen molar-refractivity contribution in [1.82, 2.24) is 0 Å². The van der Waals surface area contributed by atoms with Crippen molar-refractivity contribution in [2.75, 3.05) is 0 Å². The highest BCUT2D eigenvalue weighted by molar-refractivity contribution is 4.75. The summed E-state index contributed by atoms with van der Waals surface area (Å²) in [6.07, 6.45) is 9.13. The molecule has 0 rings (SSSR count). The highest BCUT2D eigenvalue weighted by atomic mass is 17.1. The Balaban J connectivity index is 3.61. The quantitative estimate of drug-likeness (QED) is 0.341. The molecular formula is C12H26O2. The lowest BCUT2D eigenvalue weighted by Gasteiger charge is -2.27. The maximum absolute atomic E-state index is 8.88. The third-order valence-electron chi connectivity index (χ3n) is 3.22. The zero-order valence-electron chi connectivity index (χ0n) is 10.0. The van der Waals surface area contributed by atoms with E-state index in [0.29, 0.717) is 0 Å². The smallest absolute Gasteiger partial charge is 0.103 e. The minimum Gasteiger partial charge on any atom is -0.251 e. The maximum atomic E-state index is 8.88. The summed E-state index contributed by atoms with van der Waals surface area (Å²) >= 11 is 0. The van der Waals surface area contributed by atoms with E-state index >= 15 is 0 Å². The fraction of sp³-hybridized carbons (Fsp3) is 1.00. The second kappa shape index (κ2) is 8.25. The topological polar surface area (TPSA) is 29.5 Å². The van der Waals surface area contributed by atoms with Gasteiger partial charge in [0.25, 0.3) is 0 Å². The van der Waals surface area contributed by atoms with Crippen LogP contribution in [0.25, 0.3) is 0 Å². The van der Waals surface area contributed by atoms with Crippen LogP contribution >= 0.6 is 0 Å². The summed E-state index contributed by atoms with van der Waals surface area (Å²) in [7, 11) is 0. The number of rotatable bonds is 9. The zero-order chi connectivity index (χ0) is 10.9. The van der Waals surface area contributed by atoms with Gasteiger partial charge in [0, 0.05) is 0 Å². The fourth-order valence-electron chi connectivity index (χ4n) is 1.83. The van der Waals surface area contributed by atoms with E-state index in [1.807, 2.05) is 0 Å². The molecular weight excluding hydrogens is 176 g/mol. The molecule has 0 atom stereocenters. The summed E-state index contributed by atoms with van der Waals surface area (Å²) in [5, 5.41) is 8.88. The summed E-state index contributed by atoms with van der Waals surface area (Å²) in [5.74, 6) is 0. The average Bonchev–Trinajstić information content (AvgIpc) is 2.24. The third-order valence-corrected chi connectivity index (χ3v) is 3.22. The van der Waals surface area contributed by atoms with Gasteiger partial charge < -0.3 is 0 Å². The van der Waals surface area contributed by atoms with Gasteiger partial charge in [0.2, 0.25) is 0 Å². The normalized spacial score (nSPS) is 12.0. The predicted octanol–water partition coefficient (Wildman–Crippen LogP) is 4.40. The Morgan fingerprint density at radius 3 is 1.93 bits per heavy atom. The second-order valence-electron chi connectivity index (χ2n) is 4.15. The first kappa shape index (κ1) is 13.9. The standard InChI is InChI=1S/C12H26O2/c1-4-7-8-9-10-11-12(5-2,6-3)14-13/h13H,4-11H2,1-3H3. The van der Waals surface area contributed by atoms with E-state index in [2.05, 4.69) is 25.7 Å². The van der Waals surface area contributed by atoms with Crippen LogP contribution in [0.5, 0.6) is 0 Å². The molecule has 0 fully saturated rings. The minimum absolute atomic E-state index is 0.272. The van der Waals surface area contributed by atoms with Gasteiger partial charge >= 0.3 is 0 Å². The van der Waals surface area contributed by atoms with Crippen LogP contribution in [-0.2, 0) is 4.89 Å². The van der Waals surface area contributed by atoms with Gasteiger partial charge in [-0.1, -0.05) is 52.9 Å². The van der Waals surface area contributed by atoms with E-state index in [1.165, 1.54) is 32.1 Å². The molecule has 2 nitrogen and oxygen atoms in total. The van der Waals surface area contributed by atoms with Crippen LogP contribution in [0.4, 0.5) is 0 Å². The van der Waals surface area contributed by atoms with Crippen molar-refractivity contribution in [2.45, 2.75) is 77.7 Å². The molecule has 86 valence electrons. The minimum atomic E-state index is -0.272. The van der Waals surface area contributed by atoms with Gasteiger partial charge in [-0.05, 0) is 19.3 Å². The monoisotopic (exact) mass is 202 g/mol. The van der Waals surface area contributed by atoms with Crippen LogP contribution < -0.4 is 0 Å². The molecule has 0 unspecified atom stereocenters. The van der Waals surface area contributed by atoms with Crippen molar-refractivity contribution in [3.8, 4) is 0 Å². The summed E-state index contributed by atoms with van der Waals surface area (Å²) in [6.45, 7) is 6.37. The van der Waals surface area contributed by atoms with Crippen molar-refractivity contribution >= 4 is 0 Å². The first-order valence-electron chi connectivity index (χ1n) is 6.07. The third kappa shape index (κ3) is 4.97. The molecule has 0 spiro atoms. The van der Waals surface area contributed by atoms with Crippen LogP contribution in [0.2, 0.25) is 0 Å². The summed E-state index contributed by atoms with van der Waals surface area (Å²) in [4.78, 5) is 4.64. The van der Waals surface area contributed by atoms with E-state index < -0.39 is 0 Å². The Morgan fingerprint density at radius 2 is 1.50 bits per heavy atom. The zero-order valence-corrected chi connectivity index (χ0v) is 10.0. The van der Waals surface area contributed by atoms with Crippen molar-refractivity contribution < 1.29 is 10.1 Å². The largest absolute Gasteiger partial charge is 0.251 e. The van der Waals surface area contributed by atoms with E-state index in [-0.39, 0.29) is 5.60 Å². The first-order chi connectivity index (χ1) is 6.74. The highest BCUT2D eigenvalue weighted by Gasteiger charge is 2.26. The summed E-state index contributed by atoms with van der Waals surface area (Å²) < 4.78 is 0. The van der Waals surface area contributed by atoms with Crippen LogP contribution in [0.1, 0.15) is 72.1 Å². The van der Waals surface area contributed by atoms with E-state index in [4.69, 9.17) is 5.26 Å². The SMILES string of the molecule is CCCCCCCC(CC)(CC)OO. The highest BCUT2D eigenvalue weighted by Crippen LogP contribution is 2.26. The Bertz CT molecular complexity index is 111. The molecule has 14 heavy (non-hydrogen) atoms. The number of unbranched alkanes of at least 4 members (excludes halogenated alkanes) is 4. The molecule has 0 heterocycles. The molecule has 0 aromatic heterocycles. The lowest BCUT2D eigenvalue weighted by molar-refractivity contribution is -0.327. The molecule has 1 N–H and O–H groups in total. The van der Waals surface area contributed by atoms with Gasteiger partial charge in [-0.15, -0.1) is 0 Å². The summed E-state index contributed by atoms with van der Waals surface area (Å²) in [6, 6.07) is 0. The molecule has 0 aromatic carbocycles. The molecule has 0 saturated carbocycles. The van der Waals surface area contributed by atoms with Crippen molar-refractivity contribution in [1.29, 1.82) is 0 Å². The van der Waals surface area contributed by atoms with Crippen LogP contribution in [-0.4, -0.2) is 10.9 Å². The van der Waals surface area contributed by atoms with E-state index in [1.54, 1.807) is 0 Å². The Kier molecular flexibility index (Phi) is 8.20. The molecule has 0 aromatic rings. The molecule has 0 bridgehead atoms.